The predicted octanol–water partition coefficient (Wildman–Crippen LogP) is 1.26. The number of nitrogens with zero attached hydrogens (tertiary/aromatic N) is 1. The number of carbonyl (C=O) groups is 2. The van der Waals surface area contributed by atoms with Crippen LogP contribution in [0.4, 0.5) is 0 Å². The Morgan fingerprint density at radius 1 is 1.17 bits per heavy atom. The van der Waals surface area contributed by atoms with Crippen molar-refractivity contribution in [1.82, 2.24) is 4.90 Å². The number of ether oxygens (including phenoxy) is 1. The fourth-order valence-electron chi connectivity index (χ4n) is 2.81. The maximum Gasteiger partial charge on any atom is 0.326 e. The maximum absolute atomic E-state index is 12.2. The third-order valence-electron chi connectivity index (χ3n) is 3.97. The van der Waals surface area contributed by atoms with Crippen molar-refractivity contribution < 1.29 is 24.5 Å². The Morgan fingerprint density at radius 3 is 2.65 bits per heavy atom. The lowest BCUT2D eigenvalue weighted by molar-refractivity contribution is -0.148. The Morgan fingerprint density at radius 2 is 1.91 bits per heavy atom. The Balaban J connectivity index is 1.66. The van der Waals surface area contributed by atoms with E-state index in [9.17, 15) is 14.7 Å². The fourth-order valence-corrected chi connectivity index (χ4v) is 2.81. The molecule has 6 heteroatoms. The highest BCUT2D eigenvalue weighted by Gasteiger charge is 2.38. The number of carbonyl (C=O) groups excluding carboxylic acids is 1. The van der Waals surface area contributed by atoms with Crippen LogP contribution >= 0.6 is 0 Å². The van der Waals surface area contributed by atoms with Crippen LogP contribution in [0.15, 0.2) is 42.5 Å². The second-order valence-electron chi connectivity index (χ2n) is 5.59. The summed E-state index contributed by atoms with van der Waals surface area (Å²) in [5.74, 6) is -1.01. The van der Waals surface area contributed by atoms with E-state index in [2.05, 4.69) is 0 Å². The molecular formula is C17H17NO5. The minimum atomic E-state index is -1.11. The van der Waals surface area contributed by atoms with Crippen molar-refractivity contribution in [2.24, 2.45) is 0 Å². The number of aliphatic hydroxyl groups is 1. The van der Waals surface area contributed by atoms with Crippen LogP contribution < -0.4 is 4.74 Å². The summed E-state index contributed by atoms with van der Waals surface area (Å²) in [7, 11) is 0. The van der Waals surface area contributed by atoms with Gasteiger partial charge in [-0.3, -0.25) is 4.79 Å². The number of likely N-dealkylation sites (tertiary alicyclic amines) is 1. The third kappa shape index (κ3) is 3.27. The number of fused-ring (bicyclic) bond motifs is 1. The van der Waals surface area contributed by atoms with E-state index in [0.717, 1.165) is 15.7 Å². The average molecular weight is 315 g/mol. The lowest BCUT2D eigenvalue weighted by Gasteiger charge is -2.21. The normalized spacial score (nSPS) is 20.7. The van der Waals surface area contributed by atoms with Crippen LogP contribution in [0, 0.1) is 0 Å². The Kier molecular flexibility index (Phi) is 4.16. The van der Waals surface area contributed by atoms with E-state index in [4.69, 9.17) is 9.84 Å². The molecule has 0 radical (unpaired) electrons. The van der Waals surface area contributed by atoms with Gasteiger partial charge in [0.05, 0.1) is 6.10 Å². The molecule has 1 aliphatic rings. The third-order valence-corrected chi connectivity index (χ3v) is 3.97. The number of aliphatic carboxylic acids is 1. The number of carboxylic acids is 1. The van der Waals surface area contributed by atoms with Crippen LogP contribution in [-0.2, 0) is 9.59 Å². The number of hydrogen-bond acceptors (Lipinski definition) is 4. The zero-order chi connectivity index (χ0) is 16.4. The van der Waals surface area contributed by atoms with Crippen molar-refractivity contribution in [3.63, 3.8) is 0 Å². The van der Waals surface area contributed by atoms with Gasteiger partial charge in [0.15, 0.2) is 6.61 Å². The highest BCUT2D eigenvalue weighted by atomic mass is 16.5. The van der Waals surface area contributed by atoms with Gasteiger partial charge in [0.25, 0.3) is 5.91 Å². The number of amides is 1. The number of benzene rings is 2. The summed E-state index contributed by atoms with van der Waals surface area (Å²) in [6.45, 7) is -0.230. The molecule has 3 rings (SSSR count). The van der Waals surface area contributed by atoms with Crippen molar-refractivity contribution in [3.8, 4) is 5.75 Å². The van der Waals surface area contributed by atoms with Gasteiger partial charge in [-0.2, -0.15) is 0 Å². The standard InChI is InChI=1S/C17H17NO5/c19-13-8-15(17(21)22)18(9-13)16(20)10-23-14-6-5-11-3-1-2-4-12(11)7-14/h1-7,13,15,19H,8-10H2,(H,21,22)/t13-,15-/m0/s1. The lowest BCUT2D eigenvalue weighted by Crippen LogP contribution is -2.42. The first-order valence-electron chi connectivity index (χ1n) is 7.36. The topological polar surface area (TPSA) is 87.1 Å². The van der Waals surface area contributed by atoms with Crippen LogP contribution in [0.5, 0.6) is 5.75 Å². The van der Waals surface area contributed by atoms with Crippen LogP contribution in [0.3, 0.4) is 0 Å². The number of hydrogen-bond donors (Lipinski definition) is 2. The Bertz CT molecular complexity index is 745. The summed E-state index contributed by atoms with van der Waals surface area (Å²) >= 11 is 0. The second-order valence-corrected chi connectivity index (χ2v) is 5.59. The maximum atomic E-state index is 12.2. The predicted molar refractivity (Wildman–Crippen MR) is 83.2 cm³/mol. The van der Waals surface area contributed by atoms with Crippen LogP contribution in [0.1, 0.15) is 6.42 Å². The highest BCUT2D eigenvalue weighted by molar-refractivity contribution is 5.86. The fraction of sp³-hybridized carbons (Fsp3) is 0.294. The van der Waals surface area contributed by atoms with E-state index in [1.807, 2.05) is 36.4 Å². The van der Waals surface area contributed by atoms with Gasteiger partial charge in [-0.15, -0.1) is 0 Å². The molecule has 0 aromatic heterocycles. The highest BCUT2D eigenvalue weighted by Crippen LogP contribution is 2.22. The zero-order valence-electron chi connectivity index (χ0n) is 12.4. The van der Waals surface area contributed by atoms with Crippen LogP contribution in [0.2, 0.25) is 0 Å². The first-order valence-corrected chi connectivity index (χ1v) is 7.36. The Hall–Kier alpha value is -2.60. The van der Waals surface area contributed by atoms with Crippen molar-refractivity contribution in [1.29, 1.82) is 0 Å². The summed E-state index contributed by atoms with van der Waals surface area (Å²) in [5, 5.41) is 20.7. The molecule has 2 N–H and O–H groups in total. The SMILES string of the molecule is O=C(O)[C@@H]1C[C@H](O)CN1C(=O)COc1ccc2ccccc2c1. The van der Waals surface area contributed by atoms with Gasteiger partial charge in [-0.25, -0.2) is 4.79 Å². The lowest BCUT2D eigenvalue weighted by atomic mass is 10.1. The van der Waals surface area contributed by atoms with Gasteiger partial charge in [-0.1, -0.05) is 30.3 Å². The molecule has 2 aromatic carbocycles. The van der Waals surface area contributed by atoms with Gasteiger partial charge in [0.1, 0.15) is 11.8 Å². The molecule has 1 amide bonds. The molecule has 2 aromatic rings. The molecule has 1 fully saturated rings. The summed E-state index contributed by atoms with van der Waals surface area (Å²) in [6.07, 6.45) is -0.752. The van der Waals surface area contributed by atoms with E-state index in [-0.39, 0.29) is 19.6 Å². The average Bonchev–Trinajstić information content (AvgIpc) is 2.95. The van der Waals surface area contributed by atoms with Gasteiger partial charge in [0.2, 0.25) is 0 Å². The molecule has 0 spiro atoms. The van der Waals surface area contributed by atoms with Crippen LogP contribution in [-0.4, -0.2) is 52.3 Å². The molecule has 0 aliphatic carbocycles. The molecule has 0 saturated carbocycles. The number of aliphatic hydroxyl groups excluding tert-OH is 1. The van der Waals surface area contributed by atoms with Crippen molar-refractivity contribution in [2.75, 3.05) is 13.2 Å². The monoisotopic (exact) mass is 315 g/mol. The van der Waals surface area contributed by atoms with Gasteiger partial charge in [0, 0.05) is 13.0 Å². The molecule has 0 bridgehead atoms. The minimum Gasteiger partial charge on any atom is -0.484 e. The number of β-amino-alcohol motifs (C(OH)–C–C–N with tert-alkyl or cyclic N) is 1. The first-order chi connectivity index (χ1) is 11.0. The van der Waals surface area contributed by atoms with Gasteiger partial charge >= 0.3 is 5.97 Å². The molecular weight excluding hydrogens is 298 g/mol. The number of carboxylic acid groups (broad SMARTS) is 1. The summed E-state index contributed by atoms with van der Waals surface area (Å²) in [4.78, 5) is 24.5. The van der Waals surface area contributed by atoms with Gasteiger partial charge < -0.3 is 19.8 Å². The van der Waals surface area contributed by atoms with Crippen LogP contribution in [0.25, 0.3) is 10.8 Å². The Labute approximate surface area is 132 Å². The molecule has 23 heavy (non-hydrogen) atoms. The molecule has 1 saturated heterocycles. The molecule has 0 unspecified atom stereocenters. The second kappa shape index (κ2) is 6.26. The zero-order valence-corrected chi connectivity index (χ0v) is 12.4. The van der Waals surface area contributed by atoms with E-state index in [1.165, 1.54) is 0 Å². The summed E-state index contributed by atoms with van der Waals surface area (Å²) in [6, 6.07) is 12.3. The van der Waals surface area contributed by atoms with E-state index < -0.39 is 24.0 Å². The molecule has 6 nitrogen and oxygen atoms in total. The minimum absolute atomic E-state index is 0.0247. The van der Waals surface area contributed by atoms with Crippen molar-refractivity contribution in [3.05, 3.63) is 42.5 Å². The van der Waals surface area contributed by atoms with Crippen molar-refractivity contribution >= 4 is 22.6 Å². The summed E-state index contributed by atoms with van der Waals surface area (Å²) in [5.41, 5.74) is 0. The van der Waals surface area contributed by atoms with E-state index in [1.54, 1.807) is 6.07 Å². The van der Waals surface area contributed by atoms with E-state index >= 15 is 0 Å². The van der Waals surface area contributed by atoms with E-state index in [0.29, 0.717) is 5.75 Å². The largest absolute Gasteiger partial charge is 0.484 e. The van der Waals surface area contributed by atoms with Crippen molar-refractivity contribution in [2.45, 2.75) is 18.6 Å². The first kappa shape index (κ1) is 15.3. The van der Waals surface area contributed by atoms with Gasteiger partial charge in [-0.05, 0) is 22.9 Å². The smallest absolute Gasteiger partial charge is 0.326 e. The quantitative estimate of drug-likeness (QED) is 0.887. The molecule has 1 aliphatic heterocycles. The molecule has 1 heterocycles. The molecule has 2 atom stereocenters. The number of rotatable bonds is 4. The molecule has 120 valence electrons. The summed E-state index contributed by atoms with van der Waals surface area (Å²) < 4.78 is 5.49.